The number of fused-ring (bicyclic) bond motifs is 1. The highest BCUT2D eigenvalue weighted by Gasteiger charge is 2.13. The molecule has 0 saturated heterocycles. The van der Waals surface area contributed by atoms with Crippen molar-refractivity contribution in [3.8, 4) is 0 Å². The molecule has 17 heavy (non-hydrogen) atoms. The SMILES string of the molecule is CCOC(=O)c1ccc(CBr)c2ncccc12. The number of pyridine rings is 1. The van der Waals surface area contributed by atoms with E-state index in [4.69, 9.17) is 4.74 Å². The summed E-state index contributed by atoms with van der Waals surface area (Å²) in [5.74, 6) is -0.299. The third-order valence-corrected chi connectivity index (χ3v) is 3.10. The lowest BCUT2D eigenvalue weighted by Gasteiger charge is -2.08. The van der Waals surface area contributed by atoms with Crippen molar-refractivity contribution in [2.45, 2.75) is 12.3 Å². The van der Waals surface area contributed by atoms with E-state index in [2.05, 4.69) is 20.9 Å². The van der Waals surface area contributed by atoms with Gasteiger partial charge in [-0.25, -0.2) is 4.79 Å². The lowest BCUT2D eigenvalue weighted by Crippen LogP contribution is -2.06. The monoisotopic (exact) mass is 293 g/mol. The van der Waals surface area contributed by atoms with E-state index in [0.717, 1.165) is 16.5 Å². The summed E-state index contributed by atoms with van der Waals surface area (Å²) < 4.78 is 5.03. The van der Waals surface area contributed by atoms with Crippen molar-refractivity contribution in [1.82, 2.24) is 4.98 Å². The average molecular weight is 294 g/mol. The first kappa shape index (κ1) is 12.0. The Morgan fingerprint density at radius 2 is 2.24 bits per heavy atom. The minimum atomic E-state index is -0.299. The van der Waals surface area contributed by atoms with E-state index >= 15 is 0 Å². The molecule has 0 N–H and O–H groups in total. The zero-order valence-corrected chi connectivity index (χ0v) is 11.0. The van der Waals surface area contributed by atoms with Gasteiger partial charge in [-0.2, -0.15) is 0 Å². The van der Waals surface area contributed by atoms with Gasteiger partial charge in [0.05, 0.1) is 17.7 Å². The average Bonchev–Trinajstić information content (AvgIpc) is 2.37. The van der Waals surface area contributed by atoms with Gasteiger partial charge < -0.3 is 4.74 Å². The standard InChI is InChI=1S/C13H12BrNO2/c1-2-17-13(16)11-6-5-9(8-14)12-10(11)4-3-7-15-12/h3-7H,2,8H2,1H3. The quantitative estimate of drug-likeness (QED) is 0.644. The van der Waals surface area contributed by atoms with Crippen LogP contribution in [0.3, 0.4) is 0 Å². The predicted octanol–water partition coefficient (Wildman–Crippen LogP) is 3.31. The summed E-state index contributed by atoms with van der Waals surface area (Å²) in [5.41, 5.74) is 2.48. The fourth-order valence-corrected chi connectivity index (χ4v) is 2.18. The summed E-state index contributed by atoms with van der Waals surface area (Å²) >= 11 is 3.41. The smallest absolute Gasteiger partial charge is 0.338 e. The van der Waals surface area contributed by atoms with E-state index in [1.165, 1.54) is 0 Å². The van der Waals surface area contributed by atoms with Crippen molar-refractivity contribution in [3.05, 3.63) is 41.6 Å². The molecule has 4 heteroatoms. The molecule has 2 rings (SSSR count). The molecular weight excluding hydrogens is 282 g/mol. The first-order valence-electron chi connectivity index (χ1n) is 5.37. The van der Waals surface area contributed by atoms with Gasteiger partial charge in [-0.05, 0) is 24.6 Å². The van der Waals surface area contributed by atoms with Gasteiger partial charge >= 0.3 is 5.97 Å². The van der Waals surface area contributed by atoms with Crippen LogP contribution in [-0.2, 0) is 10.1 Å². The summed E-state index contributed by atoms with van der Waals surface area (Å²) in [6, 6.07) is 7.40. The molecule has 88 valence electrons. The Balaban J connectivity index is 2.62. The molecule has 3 nitrogen and oxygen atoms in total. The normalized spacial score (nSPS) is 10.5. The van der Waals surface area contributed by atoms with E-state index in [0.29, 0.717) is 17.5 Å². The topological polar surface area (TPSA) is 39.2 Å². The Hall–Kier alpha value is -1.42. The van der Waals surface area contributed by atoms with Gasteiger partial charge in [0.25, 0.3) is 0 Å². The second-order valence-corrected chi connectivity index (χ2v) is 4.09. The van der Waals surface area contributed by atoms with Crippen LogP contribution in [0.2, 0.25) is 0 Å². The number of aromatic nitrogens is 1. The van der Waals surface area contributed by atoms with Crippen LogP contribution in [0.25, 0.3) is 10.9 Å². The summed E-state index contributed by atoms with van der Waals surface area (Å²) in [4.78, 5) is 16.1. The molecule has 0 saturated carbocycles. The first-order chi connectivity index (χ1) is 8.27. The lowest BCUT2D eigenvalue weighted by atomic mass is 10.0. The number of rotatable bonds is 3. The van der Waals surface area contributed by atoms with Crippen molar-refractivity contribution < 1.29 is 9.53 Å². The summed E-state index contributed by atoms with van der Waals surface area (Å²) in [5, 5.41) is 1.55. The molecular formula is C13H12BrNO2. The number of hydrogen-bond acceptors (Lipinski definition) is 3. The summed E-state index contributed by atoms with van der Waals surface area (Å²) in [6.07, 6.45) is 1.73. The predicted molar refractivity (Wildman–Crippen MR) is 70.3 cm³/mol. The molecule has 0 atom stereocenters. The number of ether oxygens (including phenoxy) is 1. The molecule has 0 bridgehead atoms. The number of benzene rings is 1. The Labute approximate surface area is 108 Å². The van der Waals surface area contributed by atoms with Crippen LogP contribution in [0.15, 0.2) is 30.5 Å². The maximum absolute atomic E-state index is 11.8. The van der Waals surface area contributed by atoms with Crippen LogP contribution >= 0.6 is 15.9 Å². The molecule has 0 aliphatic heterocycles. The van der Waals surface area contributed by atoms with E-state index in [9.17, 15) is 4.79 Å². The minimum Gasteiger partial charge on any atom is -0.462 e. The van der Waals surface area contributed by atoms with Gasteiger partial charge in [0.2, 0.25) is 0 Å². The van der Waals surface area contributed by atoms with Crippen LogP contribution < -0.4 is 0 Å². The van der Waals surface area contributed by atoms with Crippen LogP contribution in [0.4, 0.5) is 0 Å². The first-order valence-corrected chi connectivity index (χ1v) is 6.49. The summed E-state index contributed by atoms with van der Waals surface area (Å²) in [6.45, 7) is 2.17. The molecule has 2 aromatic rings. The van der Waals surface area contributed by atoms with E-state index in [1.807, 2.05) is 18.2 Å². The molecule has 0 spiro atoms. The Morgan fingerprint density at radius 3 is 2.94 bits per heavy atom. The maximum atomic E-state index is 11.8. The summed E-state index contributed by atoms with van der Waals surface area (Å²) in [7, 11) is 0. The van der Waals surface area contributed by atoms with Crippen molar-refractivity contribution >= 4 is 32.8 Å². The Kier molecular flexibility index (Phi) is 3.74. The highest BCUT2D eigenvalue weighted by Crippen LogP contribution is 2.23. The van der Waals surface area contributed by atoms with Gasteiger partial charge in [-0.3, -0.25) is 4.98 Å². The molecule has 0 radical (unpaired) electrons. The zero-order valence-electron chi connectivity index (χ0n) is 9.44. The second-order valence-electron chi connectivity index (χ2n) is 3.53. The maximum Gasteiger partial charge on any atom is 0.338 e. The minimum absolute atomic E-state index is 0.299. The van der Waals surface area contributed by atoms with Crippen molar-refractivity contribution in [2.24, 2.45) is 0 Å². The van der Waals surface area contributed by atoms with E-state index in [-0.39, 0.29) is 5.97 Å². The number of alkyl halides is 1. The van der Waals surface area contributed by atoms with E-state index in [1.54, 1.807) is 19.2 Å². The molecule has 1 aromatic heterocycles. The molecule has 1 heterocycles. The van der Waals surface area contributed by atoms with Gasteiger partial charge in [0, 0.05) is 16.9 Å². The molecule has 0 fully saturated rings. The number of esters is 1. The number of hydrogen-bond donors (Lipinski definition) is 0. The number of halogens is 1. The number of nitrogens with zero attached hydrogens (tertiary/aromatic N) is 1. The lowest BCUT2D eigenvalue weighted by molar-refractivity contribution is 0.0528. The van der Waals surface area contributed by atoms with Gasteiger partial charge in [-0.1, -0.05) is 28.1 Å². The van der Waals surface area contributed by atoms with Crippen molar-refractivity contribution in [2.75, 3.05) is 6.61 Å². The Bertz CT molecular complexity index is 554. The van der Waals surface area contributed by atoms with Crippen LogP contribution in [0.5, 0.6) is 0 Å². The highest BCUT2D eigenvalue weighted by molar-refractivity contribution is 9.08. The van der Waals surface area contributed by atoms with Gasteiger partial charge in [0.1, 0.15) is 0 Å². The third kappa shape index (κ3) is 2.31. The molecule has 1 aromatic carbocycles. The third-order valence-electron chi connectivity index (χ3n) is 2.49. The van der Waals surface area contributed by atoms with Crippen molar-refractivity contribution in [1.29, 1.82) is 0 Å². The highest BCUT2D eigenvalue weighted by atomic mass is 79.9. The molecule has 0 aliphatic carbocycles. The van der Waals surface area contributed by atoms with Gasteiger partial charge in [0.15, 0.2) is 0 Å². The van der Waals surface area contributed by atoms with Crippen LogP contribution in [-0.4, -0.2) is 17.6 Å². The molecule has 0 aliphatic rings. The number of carbonyl (C=O) groups is 1. The fraction of sp³-hybridized carbons (Fsp3) is 0.231. The fourth-order valence-electron chi connectivity index (χ4n) is 1.73. The zero-order chi connectivity index (χ0) is 12.3. The molecule has 0 unspecified atom stereocenters. The molecule has 0 amide bonds. The second kappa shape index (κ2) is 5.27. The largest absolute Gasteiger partial charge is 0.462 e. The Morgan fingerprint density at radius 1 is 1.41 bits per heavy atom. The van der Waals surface area contributed by atoms with Gasteiger partial charge in [-0.15, -0.1) is 0 Å². The van der Waals surface area contributed by atoms with Crippen LogP contribution in [0.1, 0.15) is 22.8 Å². The number of carbonyl (C=O) groups excluding carboxylic acids is 1. The van der Waals surface area contributed by atoms with Crippen LogP contribution in [0, 0.1) is 0 Å². The van der Waals surface area contributed by atoms with Crippen molar-refractivity contribution in [3.63, 3.8) is 0 Å². The van der Waals surface area contributed by atoms with E-state index < -0.39 is 0 Å².